The highest BCUT2D eigenvalue weighted by atomic mass is 127. The molecule has 3 rings (SSSR count). The van der Waals surface area contributed by atoms with E-state index in [1.165, 1.54) is 0 Å². The molecule has 6 nitrogen and oxygen atoms in total. The van der Waals surface area contributed by atoms with Gasteiger partial charge in [-0.3, -0.25) is 4.79 Å². The van der Waals surface area contributed by atoms with E-state index < -0.39 is 0 Å². The minimum Gasteiger partial charge on any atom is -0.436 e. The van der Waals surface area contributed by atoms with Gasteiger partial charge in [0.05, 0.1) is 0 Å². The van der Waals surface area contributed by atoms with Crippen molar-refractivity contribution in [1.82, 2.24) is 10.3 Å². The number of aromatic nitrogens is 1. The summed E-state index contributed by atoms with van der Waals surface area (Å²) in [6.07, 6.45) is 0.378. The highest BCUT2D eigenvalue weighted by Gasteiger charge is 2.10. The molecular weight excluding hydrogens is 453 g/mol. The zero-order chi connectivity index (χ0) is 17.1. The number of thiocarbonyl (C=S) groups is 1. The van der Waals surface area contributed by atoms with E-state index in [1.54, 1.807) is 6.92 Å². The Morgan fingerprint density at radius 3 is 2.80 bits per heavy atom. The number of fused-ring (bicyclic) bond motifs is 1. The molecule has 1 heterocycles. The van der Waals surface area contributed by atoms with Gasteiger partial charge in [0.2, 0.25) is 11.8 Å². The molecule has 3 aromatic rings. The summed E-state index contributed by atoms with van der Waals surface area (Å²) in [6.45, 7) is 1.77. The largest absolute Gasteiger partial charge is 0.436 e. The smallest absolute Gasteiger partial charge is 0.227 e. The highest BCUT2D eigenvalue weighted by Crippen LogP contribution is 2.27. The molecule has 0 unspecified atom stereocenters. The zero-order valence-electron chi connectivity index (χ0n) is 13.3. The SMILES string of the molecule is CCC(=O)NC(=S)Nc1ccc2oc(-c3cccc(I)c3)nc2c1.O. The number of oxazole rings is 1. The number of rotatable bonds is 3. The summed E-state index contributed by atoms with van der Waals surface area (Å²) in [5.74, 6) is 0.443. The fourth-order valence-electron chi connectivity index (χ4n) is 2.13. The number of nitrogens with zero attached hydrogens (tertiary/aromatic N) is 1. The van der Waals surface area contributed by atoms with E-state index in [1.807, 2.05) is 42.5 Å². The summed E-state index contributed by atoms with van der Waals surface area (Å²) in [6, 6.07) is 13.4. The molecule has 0 atom stereocenters. The normalized spacial score (nSPS) is 10.2. The number of anilines is 1. The number of amides is 1. The molecule has 8 heteroatoms. The second-order valence-electron chi connectivity index (χ2n) is 5.07. The maximum atomic E-state index is 11.3. The van der Waals surface area contributed by atoms with Crippen LogP contribution in [0.5, 0.6) is 0 Å². The van der Waals surface area contributed by atoms with Crippen LogP contribution in [0.25, 0.3) is 22.6 Å². The first-order chi connectivity index (χ1) is 11.5. The molecule has 1 aromatic heterocycles. The molecule has 0 saturated carbocycles. The third-order valence-electron chi connectivity index (χ3n) is 3.29. The molecule has 130 valence electrons. The van der Waals surface area contributed by atoms with Crippen LogP contribution in [0.4, 0.5) is 5.69 Å². The highest BCUT2D eigenvalue weighted by molar-refractivity contribution is 14.1. The average Bonchev–Trinajstić information content (AvgIpc) is 2.98. The molecule has 2 aromatic carbocycles. The predicted molar refractivity (Wildman–Crippen MR) is 110 cm³/mol. The van der Waals surface area contributed by atoms with Crippen molar-refractivity contribution in [3.63, 3.8) is 0 Å². The first kappa shape index (κ1) is 19.3. The van der Waals surface area contributed by atoms with Gasteiger partial charge in [-0.15, -0.1) is 0 Å². The topological polar surface area (TPSA) is 98.7 Å². The van der Waals surface area contributed by atoms with Crippen LogP contribution in [0, 0.1) is 3.57 Å². The van der Waals surface area contributed by atoms with Gasteiger partial charge in [0, 0.05) is 21.2 Å². The molecule has 0 saturated heterocycles. The van der Waals surface area contributed by atoms with Crippen molar-refractivity contribution in [3.05, 3.63) is 46.0 Å². The third-order valence-corrected chi connectivity index (χ3v) is 4.17. The number of nitrogens with one attached hydrogen (secondary N) is 2. The van der Waals surface area contributed by atoms with Gasteiger partial charge in [-0.25, -0.2) is 4.98 Å². The molecule has 0 bridgehead atoms. The Labute approximate surface area is 163 Å². The number of hydrogen-bond donors (Lipinski definition) is 2. The Balaban J connectivity index is 0.00000225. The van der Waals surface area contributed by atoms with E-state index in [0.29, 0.717) is 17.9 Å². The van der Waals surface area contributed by atoms with Crippen LogP contribution >= 0.6 is 34.8 Å². The fraction of sp³-hybridized carbons (Fsp3) is 0.118. The number of halogens is 1. The van der Waals surface area contributed by atoms with Crippen molar-refractivity contribution in [1.29, 1.82) is 0 Å². The van der Waals surface area contributed by atoms with Gasteiger partial charge in [-0.2, -0.15) is 0 Å². The summed E-state index contributed by atoms with van der Waals surface area (Å²) in [7, 11) is 0. The summed E-state index contributed by atoms with van der Waals surface area (Å²) in [5, 5.41) is 5.84. The Morgan fingerprint density at radius 2 is 2.08 bits per heavy atom. The average molecular weight is 469 g/mol. The van der Waals surface area contributed by atoms with Crippen LogP contribution in [0.1, 0.15) is 13.3 Å². The molecule has 1 amide bonds. The summed E-state index contributed by atoms with van der Waals surface area (Å²) < 4.78 is 6.92. The lowest BCUT2D eigenvalue weighted by molar-refractivity contribution is -0.119. The molecular formula is C17H16IN3O3S. The minimum absolute atomic E-state index is 0. The van der Waals surface area contributed by atoms with Gasteiger partial charge >= 0.3 is 0 Å². The molecule has 0 radical (unpaired) electrons. The lowest BCUT2D eigenvalue weighted by Crippen LogP contribution is -2.33. The van der Waals surface area contributed by atoms with Crippen LogP contribution in [0.3, 0.4) is 0 Å². The molecule has 0 aliphatic heterocycles. The summed E-state index contributed by atoms with van der Waals surface area (Å²) in [5.41, 5.74) is 3.08. The number of hydrogen-bond acceptors (Lipinski definition) is 4. The van der Waals surface area contributed by atoms with E-state index in [4.69, 9.17) is 16.6 Å². The second kappa shape index (κ2) is 8.37. The number of benzene rings is 2. The van der Waals surface area contributed by atoms with Crippen LogP contribution in [-0.2, 0) is 4.79 Å². The quantitative estimate of drug-likeness (QED) is 0.452. The Kier molecular flexibility index (Phi) is 6.45. The van der Waals surface area contributed by atoms with Crippen molar-refractivity contribution < 1.29 is 14.7 Å². The monoisotopic (exact) mass is 469 g/mol. The minimum atomic E-state index is -0.129. The van der Waals surface area contributed by atoms with Gasteiger partial charge in [-0.1, -0.05) is 13.0 Å². The van der Waals surface area contributed by atoms with Gasteiger partial charge in [0.25, 0.3) is 0 Å². The molecule has 0 aliphatic carbocycles. The van der Waals surface area contributed by atoms with Crippen LogP contribution in [0.15, 0.2) is 46.9 Å². The van der Waals surface area contributed by atoms with Crippen molar-refractivity contribution in [3.8, 4) is 11.5 Å². The molecule has 4 N–H and O–H groups in total. The van der Waals surface area contributed by atoms with Crippen molar-refractivity contribution in [2.24, 2.45) is 0 Å². The van der Waals surface area contributed by atoms with Crippen LogP contribution in [-0.4, -0.2) is 21.5 Å². The maximum absolute atomic E-state index is 11.3. The predicted octanol–water partition coefficient (Wildman–Crippen LogP) is 3.50. The van der Waals surface area contributed by atoms with E-state index in [2.05, 4.69) is 38.2 Å². The summed E-state index contributed by atoms with van der Waals surface area (Å²) in [4.78, 5) is 15.9. The van der Waals surface area contributed by atoms with Crippen molar-refractivity contribution >= 4 is 62.6 Å². The van der Waals surface area contributed by atoms with E-state index in [0.717, 1.165) is 20.3 Å². The molecule has 0 fully saturated rings. The fourth-order valence-corrected chi connectivity index (χ4v) is 2.90. The van der Waals surface area contributed by atoms with E-state index in [9.17, 15) is 4.79 Å². The Bertz CT molecular complexity index is 926. The van der Waals surface area contributed by atoms with Crippen LogP contribution in [0.2, 0.25) is 0 Å². The Hall–Kier alpha value is -2.04. The van der Waals surface area contributed by atoms with Gasteiger partial charge in [0.15, 0.2) is 10.7 Å². The lowest BCUT2D eigenvalue weighted by Gasteiger charge is -2.08. The van der Waals surface area contributed by atoms with Gasteiger partial charge in [0.1, 0.15) is 5.52 Å². The molecule has 0 aliphatic rings. The van der Waals surface area contributed by atoms with Gasteiger partial charge < -0.3 is 20.5 Å². The standard InChI is InChI=1S/C17H14IN3O2S.H2O/c1-2-15(22)21-17(24)19-12-6-7-14-13(9-12)20-16(23-14)10-4-3-5-11(18)8-10;/h3-9H,2H2,1H3,(H2,19,21,22,24);1H2. The van der Waals surface area contributed by atoms with Gasteiger partial charge in [-0.05, 0) is 71.2 Å². The van der Waals surface area contributed by atoms with Crippen molar-refractivity contribution in [2.45, 2.75) is 13.3 Å². The maximum Gasteiger partial charge on any atom is 0.227 e. The molecule has 25 heavy (non-hydrogen) atoms. The second-order valence-corrected chi connectivity index (χ2v) is 6.72. The number of carbonyl (C=O) groups is 1. The van der Waals surface area contributed by atoms with Crippen molar-refractivity contribution in [2.75, 3.05) is 5.32 Å². The van der Waals surface area contributed by atoms with Crippen LogP contribution < -0.4 is 10.6 Å². The zero-order valence-corrected chi connectivity index (χ0v) is 16.3. The Morgan fingerprint density at radius 1 is 1.28 bits per heavy atom. The molecule has 0 spiro atoms. The third kappa shape index (κ3) is 4.74. The lowest BCUT2D eigenvalue weighted by atomic mass is 10.2. The summed E-state index contributed by atoms with van der Waals surface area (Å²) >= 11 is 7.36. The first-order valence-electron chi connectivity index (χ1n) is 7.32. The first-order valence-corrected chi connectivity index (χ1v) is 8.81. The van der Waals surface area contributed by atoms with E-state index in [-0.39, 0.29) is 16.5 Å². The van der Waals surface area contributed by atoms with E-state index >= 15 is 0 Å². The number of carbonyl (C=O) groups excluding carboxylic acids is 1.